The Labute approximate surface area is 164 Å². The molecule has 5 nitrogen and oxygen atoms in total. The summed E-state index contributed by atoms with van der Waals surface area (Å²) in [6.07, 6.45) is 0.566. The topological polar surface area (TPSA) is 43.9 Å². The van der Waals surface area contributed by atoms with E-state index >= 15 is 0 Å². The van der Waals surface area contributed by atoms with Crippen molar-refractivity contribution in [2.75, 3.05) is 39.3 Å². The number of rotatable bonds is 5. The Hall–Kier alpha value is -1.24. The van der Waals surface area contributed by atoms with Crippen molar-refractivity contribution in [3.8, 4) is 0 Å². The summed E-state index contributed by atoms with van der Waals surface area (Å²) < 4.78 is 0. The van der Waals surface area contributed by atoms with Crippen molar-refractivity contribution in [1.82, 2.24) is 14.7 Å². The largest absolute Gasteiger partial charge is 0.340 e. The van der Waals surface area contributed by atoms with E-state index in [1.807, 2.05) is 47.9 Å². The molecule has 1 aromatic carbocycles. The van der Waals surface area contributed by atoms with Gasteiger partial charge in [-0.1, -0.05) is 36.7 Å². The molecule has 2 amide bonds. The molecule has 1 aromatic rings. The molecule has 0 saturated carbocycles. The van der Waals surface area contributed by atoms with Crippen LogP contribution in [-0.4, -0.2) is 71.0 Å². The predicted octanol–water partition coefficient (Wildman–Crippen LogP) is 2.86. The molecule has 2 heterocycles. The fourth-order valence-corrected chi connectivity index (χ4v) is 5.16. The molecule has 3 rings (SSSR count). The molecule has 7 heteroatoms. The van der Waals surface area contributed by atoms with Crippen molar-refractivity contribution in [2.24, 2.45) is 0 Å². The maximum Gasteiger partial charge on any atom is 0.236 e. The van der Waals surface area contributed by atoms with Gasteiger partial charge in [0, 0.05) is 56.3 Å². The van der Waals surface area contributed by atoms with Gasteiger partial charge in [0.2, 0.25) is 11.8 Å². The van der Waals surface area contributed by atoms with Crippen LogP contribution in [0, 0.1) is 0 Å². The van der Waals surface area contributed by atoms with Crippen LogP contribution in [0.15, 0.2) is 24.3 Å². The predicted molar refractivity (Wildman–Crippen MR) is 106 cm³/mol. The first-order chi connectivity index (χ1) is 12.5. The number of hydrogen-bond acceptors (Lipinski definition) is 4. The van der Waals surface area contributed by atoms with E-state index in [1.54, 1.807) is 11.8 Å². The van der Waals surface area contributed by atoms with Crippen molar-refractivity contribution < 1.29 is 9.59 Å². The van der Waals surface area contributed by atoms with Crippen molar-refractivity contribution in [3.05, 3.63) is 34.9 Å². The van der Waals surface area contributed by atoms with E-state index in [2.05, 4.69) is 4.90 Å². The zero-order valence-electron chi connectivity index (χ0n) is 15.4. The monoisotopic (exact) mass is 395 g/mol. The zero-order chi connectivity index (χ0) is 18.7. The smallest absolute Gasteiger partial charge is 0.236 e. The molecule has 0 spiro atoms. The molecule has 2 unspecified atom stereocenters. The molecule has 2 aliphatic heterocycles. The second-order valence-electron chi connectivity index (χ2n) is 6.76. The van der Waals surface area contributed by atoms with Gasteiger partial charge in [0.15, 0.2) is 0 Å². The molecule has 2 fully saturated rings. The van der Waals surface area contributed by atoms with Gasteiger partial charge in [-0.05, 0) is 13.0 Å². The van der Waals surface area contributed by atoms with Gasteiger partial charge in [-0.2, -0.15) is 0 Å². The first kappa shape index (κ1) is 19.5. The van der Waals surface area contributed by atoms with E-state index < -0.39 is 0 Å². The van der Waals surface area contributed by atoms with Gasteiger partial charge in [0.05, 0.1) is 5.25 Å². The lowest BCUT2D eigenvalue weighted by molar-refractivity contribution is -0.132. The minimum Gasteiger partial charge on any atom is -0.340 e. The van der Waals surface area contributed by atoms with Crippen LogP contribution in [0.2, 0.25) is 5.02 Å². The van der Waals surface area contributed by atoms with Gasteiger partial charge < -0.3 is 9.80 Å². The number of halogens is 1. The molecular weight excluding hydrogens is 370 g/mol. The number of nitrogens with zero attached hydrogens (tertiary/aromatic N) is 3. The van der Waals surface area contributed by atoms with E-state index in [0.717, 1.165) is 38.3 Å². The Kier molecular flexibility index (Phi) is 6.48. The summed E-state index contributed by atoms with van der Waals surface area (Å²) in [4.78, 5) is 30.7. The third-order valence-electron chi connectivity index (χ3n) is 5.10. The van der Waals surface area contributed by atoms with Gasteiger partial charge in [0.25, 0.3) is 0 Å². The summed E-state index contributed by atoms with van der Waals surface area (Å²) in [5, 5.41) is 0.646. The molecule has 0 aromatic heterocycles. The number of piperazine rings is 1. The third-order valence-corrected chi connectivity index (χ3v) is 6.82. The van der Waals surface area contributed by atoms with E-state index in [-0.39, 0.29) is 22.4 Å². The second kappa shape index (κ2) is 8.63. The summed E-state index contributed by atoms with van der Waals surface area (Å²) in [6, 6.07) is 7.77. The van der Waals surface area contributed by atoms with Gasteiger partial charge in [0.1, 0.15) is 5.37 Å². The molecule has 2 aliphatic rings. The summed E-state index contributed by atoms with van der Waals surface area (Å²) in [5.41, 5.74) is 1.01. The molecule has 2 atom stereocenters. The van der Waals surface area contributed by atoms with E-state index in [0.29, 0.717) is 18.0 Å². The van der Waals surface area contributed by atoms with Crippen LogP contribution >= 0.6 is 23.4 Å². The highest BCUT2D eigenvalue weighted by Gasteiger charge is 2.39. The van der Waals surface area contributed by atoms with Crippen LogP contribution < -0.4 is 0 Å². The summed E-state index contributed by atoms with van der Waals surface area (Å²) >= 11 is 8.04. The lowest BCUT2D eigenvalue weighted by Crippen LogP contribution is -2.50. The third kappa shape index (κ3) is 4.18. The summed E-state index contributed by atoms with van der Waals surface area (Å²) in [7, 11) is 0. The first-order valence-corrected chi connectivity index (χ1v) is 10.5. The van der Waals surface area contributed by atoms with Crippen LogP contribution in [0.4, 0.5) is 0 Å². The number of benzene rings is 1. The van der Waals surface area contributed by atoms with Crippen molar-refractivity contribution in [1.29, 1.82) is 0 Å². The van der Waals surface area contributed by atoms with Crippen LogP contribution in [0.25, 0.3) is 0 Å². The second-order valence-corrected chi connectivity index (χ2v) is 8.59. The van der Waals surface area contributed by atoms with Crippen molar-refractivity contribution in [3.63, 3.8) is 0 Å². The van der Waals surface area contributed by atoms with Gasteiger partial charge in [-0.3, -0.25) is 14.5 Å². The SMILES string of the molecule is CCC(=O)N1CCN(CCN2C(=O)C(C)SC2c2ccccc2Cl)CC1. The lowest BCUT2D eigenvalue weighted by Gasteiger charge is -2.36. The maximum absolute atomic E-state index is 12.6. The standard InChI is InChI=1S/C19H26ClN3O2S/c1-3-17(24)22-11-8-21(9-12-22)10-13-23-18(25)14(2)26-19(23)15-6-4-5-7-16(15)20/h4-7,14,19H,3,8-13H2,1-2H3. The van der Waals surface area contributed by atoms with Crippen molar-refractivity contribution in [2.45, 2.75) is 30.9 Å². The maximum atomic E-state index is 12.6. The minimum atomic E-state index is -0.0460. The molecule has 142 valence electrons. The van der Waals surface area contributed by atoms with Gasteiger partial charge in [-0.15, -0.1) is 11.8 Å². The normalized spacial score (nSPS) is 24.3. The Morgan fingerprint density at radius 3 is 2.54 bits per heavy atom. The van der Waals surface area contributed by atoms with E-state index in [9.17, 15) is 9.59 Å². The lowest BCUT2D eigenvalue weighted by atomic mass is 10.2. The Balaban J connectivity index is 1.60. The van der Waals surface area contributed by atoms with Crippen molar-refractivity contribution >= 4 is 35.2 Å². The van der Waals surface area contributed by atoms with Crippen LogP contribution in [-0.2, 0) is 9.59 Å². The number of carbonyl (C=O) groups is 2. The van der Waals surface area contributed by atoms with E-state index in [1.165, 1.54) is 0 Å². The zero-order valence-corrected chi connectivity index (χ0v) is 16.9. The number of thioether (sulfide) groups is 1. The fraction of sp³-hybridized carbons (Fsp3) is 0.579. The molecule has 0 aliphatic carbocycles. The number of hydrogen-bond donors (Lipinski definition) is 0. The average molecular weight is 396 g/mol. The Morgan fingerprint density at radius 2 is 1.88 bits per heavy atom. The highest BCUT2D eigenvalue weighted by molar-refractivity contribution is 8.01. The Morgan fingerprint density at radius 1 is 1.19 bits per heavy atom. The average Bonchev–Trinajstić information content (AvgIpc) is 2.94. The van der Waals surface area contributed by atoms with Crippen LogP contribution in [0.3, 0.4) is 0 Å². The number of amides is 2. The van der Waals surface area contributed by atoms with Gasteiger partial charge in [-0.25, -0.2) is 0 Å². The molecule has 26 heavy (non-hydrogen) atoms. The van der Waals surface area contributed by atoms with E-state index in [4.69, 9.17) is 11.6 Å². The van der Waals surface area contributed by atoms with Crippen LogP contribution in [0.5, 0.6) is 0 Å². The van der Waals surface area contributed by atoms with Gasteiger partial charge >= 0.3 is 0 Å². The summed E-state index contributed by atoms with van der Waals surface area (Å²) in [6.45, 7) is 8.68. The molecule has 2 saturated heterocycles. The van der Waals surface area contributed by atoms with Crippen LogP contribution in [0.1, 0.15) is 31.2 Å². The molecule has 0 N–H and O–H groups in total. The number of carbonyl (C=O) groups excluding carboxylic acids is 2. The quantitative estimate of drug-likeness (QED) is 0.769. The molecular formula is C19H26ClN3O2S. The highest BCUT2D eigenvalue weighted by atomic mass is 35.5. The molecule has 0 radical (unpaired) electrons. The fourth-order valence-electron chi connectivity index (χ4n) is 3.51. The summed E-state index contributed by atoms with van der Waals surface area (Å²) in [5.74, 6) is 0.406. The Bertz CT molecular complexity index is 664. The molecule has 0 bridgehead atoms. The minimum absolute atomic E-state index is 0.0193. The highest BCUT2D eigenvalue weighted by Crippen LogP contribution is 2.44. The first-order valence-electron chi connectivity index (χ1n) is 9.21.